The standard InChI is InChI=1S/C19H20FNO3/c1-23-16-4-3-5-17(24-2)19(16)15-10-11-18(22)21(15)12-13-6-8-14(20)9-7-13/h3-9,15H,10-12H2,1-2H3. The number of likely N-dealkylation sites (tertiary alicyclic amines) is 1. The third-order valence-electron chi connectivity index (χ3n) is 4.39. The van der Waals surface area contributed by atoms with Crippen molar-refractivity contribution in [2.45, 2.75) is 25.4 Å². The molecule has 126 valence electrons. The van der Waals surface area contributed by atoms with Gasteiger partial charge in [-0.2, -0.15) is 0 Å². The van der Waals surface area contributed by atoms with Gasteiger partial charge in [0, 0.05) is 13.0 Å². The van der Waals surface area contributed by atoms with E-state index in [-0.39, 0.29) is 17.8 Å². The number of rotatable bonds is 5. The second-order valence-corrected chi connectivity index (χ2v) is 5.78. The van der Waals surface area contributed by atoms with Crippen LogP contribution in [-0.2, 0) is 11.3 Å². The lowest BCUT2D eigenvalue weighted by molar-refractivity contribution is -0.129. The van der Waals surface area contributed by atoms with Gasteiger partial charge in [0.05, 0.1) is 25.8 Å². The van der Waals surface area contributed by atoms with Crippen molar-refractivity contribution in [3.8, 4) is 11.5 Å². The van der Waals surface area contributed by atoms with Gasteiger partial charge in [-0.05, 0) is 36.2 Å². The van der Waals surface area contributed by atoms with Crippen molar-refractivity contribution >= 4 is 5.91 Å². The molecule has 4 nitrogen and oxygen atoms in total. The highest BCUT2D eigenvalue weighted by Crippen LogP contribution is 2.43. The predicted molar refractivity (Wildman–Crippen MR) is 88.5 cm³/mol. The van der Waals surface area contributed by atoms with E-state index in [1.165, 1.54) is 12.1 Å². The monoisotopic (exact) mass is 329 g/mol. The van der Waals surface area contributed by atoms with Crippen LogP contribution in [0.4, 0.5) is 4.39 Å². The second kappa shape index (κ2) is 6.91. The molecule has 1 aliphatic heterocycles. The van der Waals surface area contributed by atoms with E-state index < -0.39 is 0 Å². The molecule has 24 heavy (non-hydrogen) atoms. The number of hydrogen-bond acceptors (Lipinski definition) is 3. The van der Waals surface area contributed by atoms with E-state index in [2.05, 4.69) is 0 Å². The number of nitrogens with zero attached hydrogens (tertiary/aromatic N) is 1. The van der Waals surface area contributed by atoms with Gasteiger partial charge in [0.15, 0.2) is 0 Å². The zero-order valence-corrected chi connectivity index (χ0v) is 13.8. The molecule has 0 bridgehead atoms. The second-order valence-electron chi connectivity index (χ2n) is 5.78. The number of ether oxygens (including phenoxy) is 2. The molecule has 0 spiro atoms. The molecule has 0 N–H and O–H groups in total. The summed E-state index contributed by atoms with van der Waals surface area (Å²) in [6.07, 6.45) is 1.18. The Morgan fingerprint density at radius 3 is 2.29 bits per heavy atom. The van der Waals surface area contributed by atoms with Crippen LogP contribution in [0.5, 0.6) is 11.5 Å². The maximum Gasteiger partial charge on any atom is 0.223 e. The molecular formula is C19H20FNO3. The van der Waals surface area contributed by atoms with Gasteiger partial charge in [0.1, 0.15) is 17.3 Å². The summed E-state index contributed by atoms with van der Waals surface area (Å²) < 4.78 is 24.1. The number of benzene rings is 2. The number of carbonyl (C=O) groups is 1. The average molecular weight is 329 g/mol. The minimum Gasteiger partial charge on any atom is -0.496 e. The molecule has 1 heterocycles. The van der Waals surface area contributed by atoms with E-state index in [1.807, 2.05) is 23.1 Å². The van der Waals surface area contributed by atoms with Crippen LogP contribution >= 0.6 is 0 Å². The maximum absolute atomic E-state index is 13.1. The number of amides is 1. The highest BCUT2D eigenvalue weighted by Gasteiger charge is 2.35. The van der Waals surface area contributed by atoms with Gasteiger partial charge in [0.25, 0.3) is 0 Å². The topological polar surface area (TPSA) is 38.8 Å². The zero-order valence-electron chi connectivity index (χ0n) is 13.8. The first-order valence-electron chi connectivity index (χ1n) is 7.89. The van der Waals surface area contributed by atoms with Gasteiger partial charge in [-0.25, -0.2) is 4.39 Å². The van der Waals surface area contributed by atoms with Crippen molar-refractivity contribution < 1.29 is 18.7 Å². The van der Waals surface area contributed by atoms with E-state index in [4.69, 9.17) is 9.47 Å². The Bertz CT molecular complexity index is 708. The molecule has 1 aliphatic rings. The third kappa shape index (κ3) is 3.07. The SMILES string of the molecule is COc1cccc(OC)c1C1CCC(=O)N1Cc1ccc(F)cc1. The number of carbonyl (C=O) groups excluding carboxylic acids is 1. The Morgan fingerprint density at radius 2 is 1.71 bits per heavy atom. The van der Waals surface area contributed by atoms with E-state index >= 15 is 0 Å². The van der Waals surface area contributed by atoms with Crippen LogP contribution in [0.25, 0.3) is 0 Å². The van der Waals surface area contributed by atoms with E-state index in [0.29, 0.717) is 30.9 Å². The first kappa shape index (κ1) is 16.3. The lowest BCUT2D eigenvalue weighted by atomic mass is 10.0. The van der Waals surface area contributed by atoms with Crippen LogP contribution in [0.2, 0.25) is 0 Å². The van der Waals surface area contributed by atoms with Gasteiger partial charge in [-0.15, -0.1) is 0 Å². The van der Waals surface area contributed by atoms with Crippen molar-refractivity contribution in [3.05, 3.63) is 59.4 Å². The summed E-state index contributed by atoms with van der Waals surface area (Å²) in [7, 11) is 3.22. The van der Waals surface area contributed by atoms with Crippen molar-refractivity contribution in [2.75, 3.05) is 14.2 Å². The molecule has 0 radical (unpaired) electrons. The van der Waals surface area contributed by atoms with Crippen LogP contribution in [-0.4, -0.2) is 25.0 Å². The minimum atomic E-state index is -0.283. The molecule has 2 aromatic carbocycles. The Balaban J connectivity index is 1.95. The lowest BCUT2D eigenvalue weighted by Gasteiger charge is -2.27. The molecule has 1 atom stereocenters. The summed E-state index contributed by atoms with van der Waals surface area (Å²) in [5, 5.41) is 0. The van der Waals surface area contributed by atoms with Crippen LogP contribution < -0.4 is 9.47 Å². The summed E-state index contributed by atoms with van der Waals surface area (Å²) in [6.45, 7) is 0.435. The normalized spacial score (nSPS) is 17.2. The zero-order chi connectivity index (χ0) is 17.1. The van der Waals surface area contributed by atoms with Crippen LogP contribution in [0.15, 0.2) is 42.5 Å². The van der Waals surface area contributed by atoms with E-state index in [0.717, 1.165) is 11.1 Å². The molecular weight excluding hydrogens is 309 g/mol. The predicted octanol–water partition coefficient (Wildman–Crippen LogP) is 3.71. The summed E-state index contributed by atoms with van der Waals surface area (Å²) in [4.78, 5) is 14.2. The van der Waals surface area contributed by atoms with Crippen molar-refractivity contribution in [1.29, 1.82) is 0 Å². The fourth-order valence-electron chi connectivity index (χ4n) is 3.23. The van der Waals surface area contributed by atoms with E-state index in [1.54, 1.807) is 26.4 Å². The summed E-state index contributed by atoms with van der Waals surface area (Å²) in [6, 6.07) is 11.7. The fourth-order valence-corrected chi connectivity index (χ4v) is 3.23. The molecule has 5 heteroatoms. The van der Waals surface area contributed by atoms with Crippen LogP contribution in [0.1, 0.15) is 30.0 Å². The molecule has 1 unspecified atom stereocenters. The third-order valence-corrected chi connectivity index (χ3v) is 4.39. The summed E-state index contributed by atoms with van der Waals surface area (Å²) in [5.74, 6) is 1.21. The molecule has 1 amide bonds. The Hall–Kier alpha value is -2.56. The van der Waals surface area contributed by atoms with Crippen molar-refractivity contribution in [1.82, 2.24) is 4.90 Å². The van der Waals surface area contributed by atoms with Gasteiger partial charge in [-0.1, -0.05) is 18.2 Å². The molecule has 2 aromatic rings. The number of methoxy groups -OCH3 is 2. The summed E-state index contributed by atoms with van der Waals surface area (Å²) in [5.41, 5.74) is 1.78. The van der Waals surface area contributed by atoms with E-state index in [9.17, 15) is 9.18 Å². The van der Waals surface area contributed by atoms with Crippen LogP contribution in [0, 0.1) is 5.82 Å². The molecule has 1 saturated heterocycles. The first-order valence-corrected chi connectivity index (χ1v) is 7.89. The molecule has 0 aromatic heterocycles. The fraction of sp³-hybridized carbons (Fsp3) is 0.316. The Labute approximate surface area is 140 Å². The van der Waals surface area contributed by atoms with Crippen molar-refractivity contribution in [3.63, 3.8) is 0 Å². The maximum atomic E-state index is 13.1. The molecule has 0 aliphatic carbocycles. The van der Waals surface area contributed by atoms with Crippen molar-refractivity contribution in [2.24, 2.45) is 0 Å². The average Bonchev–Trinajstić information content (AvgIpc) is 2.96. The van der Waals surface area contributed by atoms with Gasteiger partial charge < -0.3 is 14.4 Å². The quantitative estimate of drug-likeness (QED) is 0.839. The highest BCUT2D eigenvalue weighted by molar-refractivity contribution is 5.79. The Morgan fingerprint density at radius 1 is 1.08 bits per heavy atom. The minimum absolute atomic E-state index is 0.0808. The van der Waals surface area contributed by atoms with Crippen LogP contribution in [0.3, 0.4) is 0 Å². The first-order chi connectivity index (χ1) is 11.6. The van der Waals surface area contributed by atoms with Gasteiger partial charge in [-0.3, -0.25) is 4.79 Å². The van der Waals surface area contributed by atoms with Gasteiger partial charge in [0.2, 0.25) is 5.91 Å². The molecule has 1 fully saturated rings. The molecule has 3 rings (SSSR count). The Kier molecular flexibility index (Phi) is 4.69. The largest absolute Gasteiger partial charge is 0.496 e. The lowest BCUT2D eigenvalue weighted by Crippen LogP contribution is -2.27. The summed E-state index contributed by atoms with van der Waals surface area (Å²) >= 11 is 0. The number of halogens is 1. The molecule has 0 saturated carbocycles. The highest BCUT2D eigenvalue weighted by atomic mass is 19.1. The van der Waals surface area contributed by atoms with Gasteiger partial charge >= 0.3 is 0 Å². The smallest absolute Gasteiger partial charge is 0.223 e. The number of hydrogen-bond donors (Lipinski definition) is 0.